The molecule has 22 heavy (non-hydrogen) atoms. The molecule has 0 atom stereocenters. The van der Waals surface area contributed by atoms with Crippen molar-refractivity contribution in [3.05, 3.63) is 59.7 Å². The number of methoxy groups -OCH3 is 1. The average molecular weight is 319 g/mol. The molecular formula is C16H17NO4S. The number of hydrogen-bond donors (Lipinski definition) is 1. The lowest BCUT2D eigenvalue weighted by atomic mass is 10.1. The number of rotatable bonds is 5. The van der Waals surface area contributed by atoms with Gasteiger partial charge in [-0.15, -0.1) is 0 Å². The number of aryl methyl sites for hydroxylation is 1. The van der Waals surface area contributed by atoms with Crippen LogP contribution in [0.5, 0.6) is 0 Å². The number of ether oxygens (including phenoxy) is 1. The zero-order chi connectivity index (χ0) is 16.2. The van der Waals surface area contributed by atoms with Crippen molar-refractivity contribution in [3.63, 3.8) is 0 Å². The van der Waals surface area contributed by atoms with Crippen LogP contribution in [-0.2, 0) is 21.2 Å². The van der Waals surface area contributed by atoms with Crippen molar-refractivity contribution in [2.75, 3.05) is 11.8 Å². The summed E-state index contributed by atoms with van der Waals surface area (Å²) in [5.41, 5.74) is 1.39. The molecule has 0 saturated heterocycles. The number of anilines is 1. The first kappa shape index (κ1) is 16.0. The molecule has 2 rings (SSSR count). The summed E-state index contributed by atoms with van der Waals surface area (Å²) in [6.45, 7) is 1.94. The monoisotopic (exact) mass is 319 g/mol. The first-order valence-corrected chi connectivity index (χ1v) is 8.26. The fourth-order valence-electron chi connectivity index (χ4n) is 2.11. The largest absolute Gasteiger partial charge is 0.465 e. The van der Waals surface area contributed by atoms with E-state index in [4.69, 9.17) is 0 Å². The van der Waals surface area contributed by atoms with Gasteiger partial charge in [-0.05, 0) is 30.2 Å². The lowest BCUT2D eigenvalue weighted by molar-refractivity contribution is 0.0596. The third-order valence-corrected chi connectivity index (χ3v) is 4.65. The van der Waals surface area contributed by atoms with E-state index in [9.17, 15) is 13.2 Å². The van der Waals surface area contributed by atoms with Crippen LogP contribution in [0.15, 0.2) is 53.4 Å². The summed E-state index contributed by atoms with van der Waals surface area (Å²) < 4.78 is 32.4. The highest BCUT2D eigenvalue weighted by molar-refractivity contribution is 7.92. The third-order valence-electron chi connectivity index (χ3n) is 3.22. The number of nitrogens with one attached hydrogen (secondary N) is 1. The summed E-state index contributed by atoms with van der Waals surface area (Å²) in [7, 11) is -2.67. The highest BCUT2D eigenvalue weighted by Crippen LogP contribution is 2.23. The Hall–Kier alpha value is -2.34. The van der Waals surface area contributed by atoms with Crippen LogP contribution < -0.4 is 4.72 Å². The Balaban J connectivity index is 2.46. The summed E-state index contributed by atoms with van der Waals surface area (Å²) in [5.74, 6) is -0.690. The number of esters is 1. The number of carbonyl (C=O) groups is 1. The Kier molecular flexibility index (Phi) is 4.82. The third kappa shape index (κ3) is 3.28. The molecule has 0 bridgehead atoms. The minimum atomic E-state index is -3.88. The summed E-state index contributed by atoms with van der Waals surface area (Å²) in [5, 5.41) is 0. The standard InChI is InChI=1S/C16H17NO4S/c1-3-12-8-4-6-10-14(12)17-22(19,20)15-11-7-5-9-13(15)16(18)21-2/h4-11,17H,3H2,1-2H3. The maximum atomic E-state index is 12.6. The van der Waals surface area contributed by atoms with E-state index < -0.39 is 16.0 Å². The second-order valence-corrected chi connectivity index (χ2v) is 6.25. The highest BCUT2D eigenvalue weighted by Gasteiger charge is 2.23. The van der Waals surface area contributed by atoms with Gasteiger partial charge in [-0.1, -0.05) is 37.3 Å². The molecule has 0 unspecified atom stereocenters. The second-order valence-electron chi connectivity index (χ2n) is 4.60. The average Bonchev–Trinajstić information content (AvgIpc) is 2.54. The molecule has 0 fully saturated rings. The predicted octanol–water partition coefficient (Wildman–Crippen LogP) is 2.84. The van der Waals surface area contributed by atoms with E-state index in [1.54, 1.807) is 24.3 Å². The van der Waals surface area contributed by atoms with Gasteiger partial charge in [0.2, 0.25) is 0 Å². The molecule has 0 radical (unpaired) electrons. The Bertz CT molecular complexity index is 784. The predicted molar refractivity (Wildman–Crippen MR) is 84.4 cm³/mol. The van der Waals surface area contributed by atoms with E-state index in [1.807, 2.05) is 19.1 Å². The second kappa shape index (κ2) is 6.62. The molecule has 6 heteroatoms. The molecule has 0 aliphatic heterocycles. The molecule has 0 heterocycles. The molecule has 1 N–H and O–H groups in total. The van der Waals surface area contributed by atoms with Gasteiger partial charge < -0.3 is 4.74 Å². The number of para-hydroxylation sites is 1. The van der Waals surface area contributed by atoms with Gasteiger partial charge in [-0.25, -0.2) is 13.2 Å². The van der Waals surface area contributed by atoms with Gasteiger partial charge in [-0.3, -0.25) is 4.72 Å². The van der Waals surface area contributed by atoms with Crippen molar-refractivity contribution in [3.8, 4) is 0 Å². The Morgan fingerprint density at radius 3 is 2.41 bits per heavy atom. The van der Waals surface area contributed by atoms with Crippen molar-refractivity contribution in [2.24, 2.45) is 0 Å². The molecule has 0 spiro atoms. The molecule has 0 aromatic heterocycles. The van der Waals surface area contributed by atoms with Crippen LogP contribution in [0.25, 0.3) is 0 Å². The molecule has 0 amide bonds. The number of hydrogen-bond acceptors (Lipinski definition) is 4. The van der Waals surface area contributed by atoms with E-state index in [0.717, 1.165) is 5.56 Å². The molecule has 2 aromatic rings. The fourth-order valence-corrected chi connectivity index (χ4v) is 3.40. The van der Waals surface area contributed by atoms with E-state index in [1.165, 1.54) is 19.2 Å². The quantitative estimate of drug-likeness (QED) is 0.860. The van der Waals surface area contributed by atoms with E-state index >= 15 is 0 Å². The minimum absolute atomic E-state index is 0.00600. The normalized spacial score (nSPS) is 11.0. The lowest BCUT2D eigenvalue weighted by Gasteiger charge is -2.13. The smallest absolute Gasteiger partial charge is 0.339 e. The van der Waals surface area contributed by atoms with Crippen molar-refractivity contribution >= 4 is 21.7 Å². The first-order chi connectivity index (χ1) is 10.5. The van der Waals surface area contributed by atoms with Gasteiger partial charge >= 0.3 is 5.97 Å². The SMILES string of the molecule is CCc1ccccc1NS(=O)(=O)c1ccccc1C(=O)OC. The Morgan fingerprint density at radius 2 is 1.73 bits per heavy atom. The topological polar surface area (TPSA) is 72.5 Å². The van der Waals surface area contributed by atoms with Crippen LogP contribution in [0.3, 0.4) is 0 Å². The fraction of sp³-hybridized carbons (Fsp3) is 0.188. The van der Waals surface area contributed by atoms with Gasteiger partial charge in [0.1, 0.15) is 4.90 Å². The molecule has 0 aliphatic rings. The van der Waals surface area contributed by atoms with Crippen LogP contribution in [-0.4, -0.2) is 21.5 Å². The Labute approximate surface area is 130 Å². The zero-order valence-electron chi connectivity index (χ0n) is 12.4. The molecule has 5 nitrogen and oxygen atoms in total. The summed E-state index contributed by atoms with van der Waals surface area (Å²) in [6.07, 6.45) is 0.692. The summed E-state index contributed by atoms with van der Waals surface area (Å²) in [6, 6.07) is 13.1. The van der Waals surface area contributed by atoms with Crippen molar-refractivity contribution in [2.45, 2.75) is 18.2 Å². The minimum Gasteiger partial charge on any atom is -0.465 e. The maximum Gasteiger partial charge on any atom is 0.339 e. The van der Waals surface area contributed by atoms with Crippen LogP contribution in [0.1, 0.15) is 22.8 Å². The Morgan fingerprint density at radius 1 is 1.09 bits per heavy atom. The molecule has 116 valence electrons. The van der Waals surface area contributed by atoms with Crippen molar-refractivity contribution < 1.29 is 17.9 Å². The van der Waals surface area contributed by atoms with Crippen LogP contribution in [0.2, 0.25) is 0 Å². The molecule has 0 aliphatic carbocycles. The van der Waals surface area contributed by atoms with Crippen LogP contribution in [0.4, 0.5) is 5.69 Å². The van der Waals surface area contributed by atoms with Gasteiger partial charge in [0.25, 0.3) is 10.0 Å². The van der Waals surface area contributed by atoms with E-state index in [2.05, 4.69) is 9.46 Å². The number of sulfonamides is 1. The van der Waals surface area contributed by atoms with Gasteiger partial charge in [0.15, 0.2) is 0 Å². The van der Waals surface area contributed by atoms with E-state index in [-0.39, 0.29) is 10.5 Å². The molecular weight excluding hydrogens is 302 g/mol. The zero-order valence-corrected chi connectivity index (χ0v) is 13.2. The maximum absolute atomic E-state index is 12.6. The van der Waals surface area contributed by atoms with Crippen LogP contribution >= 0.6 is 0 Å². The molecule has 2 aromatic carbocycles. The van der Waals surface area contributed by atoms with Crippen molar-refractivity contribution in [1.29, 1.82) is 0 Å². The van der Waals surface area contributed by atoms with E-state index in [0.29, 0.717) is 12.1 Å². The van der Waals surface area contributed by atoms with Gasteiger partial charge in [-0.2, -0.15) is 0 Å². The highest BCUT2D eigenvalue weighted by atomic mass is 32.2. The number of benzene rings is 2. The lowest BCUT2D eigenvalue weighted by Crippen LogP contribution is -2.18. The van der Waals surface area contributed by atoms with Crippen LogP contribution in [0, 0.1) is 0 Å². The summed E-state index contributed by atoms with van der Waals surface area (Å²) >= 11 is 0. The van der Waals surface area contributed by atoms with Gasteiger partial charge in [0, 0.05) is 0 Å². The number of carbonyl (C=O) groups excluding carboxylic acids is 1. The summed E-state index contributed by atoms with van der Waals surface area (Å²) in [4.78, 5) is 11.6. The first-order valence-electron chi connectivity index (χ1n) is 6.77. The molecule has 0 saturated carbocycles. The van der Waals surface area contributed by atoms with Crippen molar-refractivity contribution in [1.82, 2.24) is 0 Å². The van der Waals surface area contributed by atoms with Gasteiger partial charge in [0.05, 0.1) is 18.4 Å².